The number of benzene rings is 3. The lowest BCUT2D eigenvalue weighted by Crippen LogP contribution is -2.29. The Bertz CT molecular complexity index is 1840. The van der Waals surface area contributed by atoms with E-state index in [9.17, 15) is 9.90 Å². The predicted molar refractivity (Wildman–Crippen MR) is 174 cm³/mol. The summed E-state index contributed by atoms with van der Waals surface area (Å²) in [6, 6.07) is 28.1. The first kappa shape index (κ1) is 28.9. The van der Waals surface area contributed by atoms with E-state index in [0.717, 1.165) is 45.3 Å². The molecule has 0 bridgehead atoms. The van der Waals surface area contributed by atoms with E-state index in [4.69, 9.17) is 21.7 Å². The third-order valence-corrected chi connectivity index (χ3v) is 8.31. The molecule has 8 nitrogen and oxygen atoms in total. The standard InChI is InChI=1S/C35H32N4O4S/c1-21-8-9-24(34(40)41)20-31(21)38-22(2)19-29(23(38)3)33-32(30-7-5-6-18-36-30)37-35(44)39(33)25-10-12-27(13-11-25)43-28-16-14-26(42-4)15-17-28/h5-20,32-33H,1-4H3,(H,37,44)(H,40,41)/t32-,33+/m0/s1. The summed E-state index contributed by atoms with van der Waals surface area (Å²) in [5.41, 5.74) is 6.88. The highest BCUT2D eigenvalue weighted by Gasteiger charge is 2.42. The van der Waals surface area contributed by atoms with Crippen LogP contribution in [0.2, 0.25) is 0 Å². The van der Waals surface area contributed by atoms with Gasteiger partial charge in [0.25, 0.3) is 0 Å². The molecule has 222 valence electrons. The molecule has 6 rings (SSSR count). The maximum absolute atomic E-state index is 11.8. The zero-order valence-electron chi connectivity index (χ0n) is 24.8. The molecule has 2 N–H and O–H groups in total. The summed E-state index contributed by atoms with van der Waals surface area (Å²) in [5, 5.41) is 13.8. The number of carboxylic acid groups (broad SMARTS) is 1. The number of aryl methyl sites for hydroxylation is 2. The van der Waals surface area contributed by atoms with Crippen LogP contribution in [0.1, 0.15) is 50.7 Å². The number of hydrogen-bond acceptors (Lipinski definition) is 5. The van der Waals surface area contributed by atoms with Gasteiger partial charge in [0.05, 0.1) is 30.5 Å². The van der Waals surface area contributed by atoms with Crippen molar-refractivity contribution in [2.75, 3.05) is 12.0 Å². The van der Waals surface area contributed by atoms with Crippen LogP contribution in [-0.2, 0) is 0 Å². The van der Waals surface area contributed by atoms with Crippen LogP contribution >= 0.6 is 12.2 Å². The zero-order chi connectivity index (χ0) is 31.0. The molecule has 44 heavy (non-hydrogen) atoms. The smallest absolute Gasteiger partial charge is 0.335 e. The number of thiocarbonyl (C=S) groups is 1. The van der Waals surface area contributed by atoms with Crippen LogP contribution in [0, 0.1) is 20.8 Å². The van der Waals surface area contributed by atoms with Crippen molar-refractivity contribution in [2.45, 2.75) is 32.9 Å². The Morgan fingerprint density at radius 1 is 0.909 bits per heavy atom. The Hall–Kier alpha value is -5.15. The van der Waals surface area contributed by atoms with E-state index in [1.54, 1.807) is 25.4 Å². The van der Waals surface area contributed by atoms with Crippen molar-refractivity contribution in [3.63, 3.8) is 0 Å². The SMILES string of the molecule is COc1ccc(Oc2ccc(N3C(=S)N[C@@H](c4ccccn4)[C@H]3c3cc(C)n(-c4cc(C(=O)O)ccc4C)c3C)cc2)cc1. The van der Waals surface area contributed by atoms with Crippen molar-refractivity contribution in [2.24, 2.45) is 0 Å². The molecular weight excluding hydrogens is 572 g/mol. The Morgan fingerprint density at radius 3 is 2.23 bits per heavy atom. The molecule has 1 saturated heterocycles. The van der Waals surface area contributed by atoms with Gasteiger partial charge in [-0.15, -0.1) is 0 Å². The quantitative estimate of drug-likeness (QED) is 0.176. The number of methoxy groups -OCH3 is 1. The maximum atomic E-state index is 11.8. The highest BCUT2D eigenvalue weighted by Crippen LogP contribution is 2.44. The summed E-state index contributed by atoms with van der Waals surface area (Å²) in [6.45, 7) is 6.09. The first-order valence-corrected chi connectivity index (χ1v) is 14.6. The van der Waals surface area contributed by atoms with Gasteiger partial charge in [-0.05, 0) is 123 Å². The summed E-state index contributed by atoms with van der Waals surface area (Å²) >= 11 is 5.95. The second-order valence-electron chi connectivity index (χ2n) is 10.7. The normalized spacial score (nSPS) is 16.1. The number of pyridine rings is 1. The topological polar surface area (TPSA) is 88.9 Å². The number of anilines is 1. The molecular formula is C35H32N4O4S. The number of ether oxygens (including phenoxy) is 2. The molecule has 0 spiro atoms. The van der Waals surface area contributed by atoms with Gasteiger partial charge < -0.3 is 29.4 Å². The van der Waals surface area contributed by atoms with Crippen molar-refractivity contribution in [3.05, 3.63) is 131 Å². The van der Waals surface area contributed by atoms with Crippen molar-refractivity contribution in [1.29, 1.82) is 0 Å². The van der Waals surface area contributed by atoms with Gasteiger partial charge in [-0.1, -0.05) is 12.1 Å². The first-order valence-electron chi connectivity index (χ1n) is 14.2. The number of nitrogens with one attached hydrogen (secondary N) is 1. The van der Waals surface area contributed by atoms with Gasteiger partial charge in [0.15, 0.2) is 5.11 Å². The molecule has 1 aliphatic heterocycles. The monoisotopic (exact) mass is 604 g/mol. The molecule has 3 aromatic carbocycles. The number of aromatic carboxylic acids is 1. The van der Waals surface area contributed by atoms with Gasteiger partial charge in [0, 0.05) is 29.0 Å². The minimum atomic E-state index is -0.958. The first-order chi connectivity index (χ1) is 21.2. The van der Waals surface area contributed by atoms with Crippen molar-refractivity contribution in [1.82, 2.24) is 14.9 Å². The van der Waals surface area contributed by atoms with Gasteiger partial charge >= 0.3 is 5.97 Å². The summed E-state index contributed by atoms with van der Waals surface area (Å²) in [7, 11) is 1.63. The van der Waals surface area contributed by atoms with Crippen LogP contribution in [0.5, 0.6) is 17.2 Å². The number of aromatic nitrogens is 2. The molecule has 5 aromatic rings. The molecule has 0 saturated carbocycles. The summed E-state index contributed by atoms with van der Waals surface area (Å²) < 4.78 is 13.4. The highest BCUT2D eigenvalue weighted by molar-refractivity contribution is 7.80. The number of carbonyl (C=O) groups is 1. The fraction of sp³-hybridized carbons (Fsp3) is 0.171. The Labute approximate surface area is 261 Å². The molecule has 0 unspecified atom stereocenters. The second-order valence-corrected chi connectivity index (χ2v) is 11.1. The van der Waals surface area contributed by atoms with Crippen LogP contribution in [0.25, 0.3) is 5.69 Å². The molecule has 1 fully saturated rings. The highest BCUT2D eigenvalue weighted by atomic mass is 32.1. The maximum Gasteiger partial charge on any atom is 0.335 e. The summed E-state index contributed by atoms with van der Waals surface area (Å²) in [6.07, 6.45) is 1.79. The molecule has 0 radical (unpaired) electrons. The van der Waals surface area contributed by atoms with Crippen LogP contribution in [0.4, 0.5) is 5.69 Å². The van der Waals surface area contributed by atoms with Gasteiger partial charge in [0.2, 0.25) is 0 Å². The zero-order valence-corrected chi connectivity index (χ0v) is 25.6. The largest absolute Gasteiger partial charge is 0.497 e. The number of nitrogens with zero attached hydrogens (tertiary/aromatic N) is 3. The van der Waals surface area contributed by atoms with E-state index in [-0.39, 0.29) is 17.6 Å². The molecule has 1 aliphatic rings. The fourth-order valence-electron chi connectivity index (χ4n) is 5.84. The van der Waals surface area contributed by atoms with E-state index in [1.165, 1.54) is 0 Å². The molecule has 2 atom stereocenters. The van der Waals surface area contributed by atoms with Crippen LogP contribution in [0.3, 0.4) is 0 Å². The minimum Gasteiger partial charge on any atom is -0.497 e. The van der Waals surface area contributed by atoms with Crippen molar-refractivity contribution in [3.8, 4) is 22.9 Å². The van der Waals surface area contributed by atoms with Crippen molar-refractivity contribution >= 4 is 29.0 Å². The second kappa shape index (κ2) is 11.9. The average molecular weight is 605 g/mol. The molecule has 2 aromatic heterocycles. The van der Waals surface area contributed by atoms with E-state index >= 15 is 0 Å². The summed E-state index contributed by atoms with van der Waals surface area (Å²) in [5.74, 6) is 1.21. The lowest BCUT2D eigenvalue weighted by molar-refractivity contribution is 0.0697. The van der Waals surface area contributed by atoms with Crippen LogP contribution in [0.15, 0.2) is 97.2 Å². The molecule has 9 heteroatoms. The number of hydrogen-bond donors (Lipinski definition) is 2. The van der Waals surface area contributed by atoms with Crippen LogP contribution < -0.4 is 19.7 Å². The Balaban J connectivity index is 1.41. The third-order valence-electron chi connectivity index (χ3n) is 7.99. The lowest BCUT2D eigenvalue weighted by Gasteiger charge is -2.28. The molecule has 3 heterocycles. The van der Waals surface area contributed by atoms with Gasteiger partial charge in [-0.3, -0.25) is 4.98 Å². The van der Waals surface area contributed by atoms with Crippen LogP contribution in [-0.4, -0.2) is 32.8 Å². The van der Waals surface area contributed by atoms with Gasteiger partial charge in [-0.2, -0.15) is 0 Å². The number of carboxylic acids is 1. The minimum absolute atomic E-state index is 0.223. The number of rotatable bonds is 8. The van der Waals surface area contributed by atoms with Gasteiger partial charge in [-0.25, -0.2) is 4.79 Å². The third kappa shape index (κ3) is 5.38. The summed E-state index contributed by atoms with van der Waals surface area (Å²) in [4.78, 5) is 18.6. The van der Waals surface area contributed by atoms with E-state index in [0.29, 0.717) is 16.6 Å². The van der Waals surface area contributed by atoms with E-state index in [2.05, 4.69) is 32.8 Å². The van der Waals surface area contributed by atoms with E-state index < -0.39 is 5.97 Å². The fourth-order valence-corrected chi connectivity index (χ4v) is 6.19. The molecule has 0 aliphatic carbocycles. The lowest BCUT2D eigenvalue weighted by atomic mass is 9.96. The predicted octanol–water partition coefficient (Wildman–Crippen LogP) is 7.47. The Morgan fingerprint density at radius 2 is 1.59 bits per heavy atom. The molecule has 0 amide bonds. The van der Waals surface area contributed by atoms with E-state index in [1.807, 2.05) is 86.6 Å². The van der Waals surface area contributed by atoms with Crippen molar-refractivity contribution < 1.29 is 19.4 Å². The average Bonchev–Trinajstić information content (AvgIpc) is 3.53. The van der Waals surface area contributed by atoms with Gasteiger partial charge in [0.1, 0.15) is 17.2 Å². The Kier molecular flexibility index (Phi) is 7.80.